The molecular weight excluding hydrogens is 212 g/mol. The fourth-order valence-corrected chi connectivity index (χ4v) is 2.72. The van der Waals surface area contributed by atoms with E-state index in [1.54, 1.807) is 0 Å². The molecule has 3 nitrogen and oxygen atoms in total. The van der Waals surface area contributed by atoms with Crippen molar-refractivity contribution in [2.24, 2.45) is 5.92 Å². The summed E-state index contributed by atoms with van der Waals surface area (Å²) < 4.78 is 0. The molecule has 3 heteroatoms. The third kappa shape index (κ3) is 5.36. The maximum absolute atomic E-state index is 9.35. The molecule has 0 aromatic heterocycles. The van der Waals surface area contributed by atoms with E-state index in [0.29, 0.717) is 0 Å². The topological polar surface area (TPSA) is 35.5 Å². The van der Waals surface area contributed by atoms with Crippen molar-refractivity contribution in [3.8, 4) is 0 Å². The first-order valence-electron chi connectivity index (χ1n) is 7.21. The van der Waals surface area contributed by atoms with Crippen molar-refractivity contribution < 1.29 is 5.11 Å². The summed E-state index contributed by atoms with van der Waals surface area (Å²) in [5, 5.41) is 12.8. The quantitative estimate of drug-likeness (QED) is 0.715. The van der Waals surface area contributed by atoms with E-state index in [-0.39, 0.29) is 12.6 Å². The molecule has 1 aliphatic carbocycles. The average molecular weight is 242 g/mol. The van der Waals surface area contributed by atoms with Gasteiger partial charge in [0.15, 0.2) is 0 Å². The van der Waals surface area contributed by atoms with Gasteiger partial charge in [-0.05, 0) is 51.6 Å². The Morgan fingerprint density at radius 3 is 2.47 bits per heavy atom. The Morgan fingerprint density at radius 2 is 1.94 bits per heavy atom. The first-order chi connectivity index (χ1) is 8.17. The Bertz CT molecular complexity index is 191. The largest absolute Gasteiger partial charge is 0.395 e. The van der Waals surface area contributed by atoms with Gasteiger partial charge in [0.05, 0.1) is 6.61 Å². The second-order valence-corrected chi connectivity index (χ2v) is 5.69. The van der Waals surface area contributed by atoms with E-state index in [1.807, 2.05) is 0 Å². The van der Waals surface area contributed by atoms with E-state index in [1.165, 1.54) is 25.7 Å². The van der Waals surface area contributed by atoms with Gasteiger partial charge in [0, 0.05) is 18.6 Å². The van der Waals surface area contributed by atoms with Crippen molar-refractivity contribution in [1.29, 1.82) is 0 Å². The molecule has 0 bridgehead atoms. The lowest BCUT2D eigenvalue weighted by Gasteiger charge is -2.35. The predicted molar refractivity (Wildman–Crippen MR) is 73.2 cm³/mol. The zero-order valence-corrected chi connectivity index (χ0v) is 11.8. The monoisotopic (exact) mass is 242 g/mol. The first-order valence-corrected chi connectivity index (χ1v) is 7.21. The van der Waals surface area contributed by atoms with Gasteiger partial charge in [0.1, 0.15) is 0 Å². The lowest BCUT2D eigenvalue weighted by Crippen LogP contribution is -2.46. The van der Waals surface area contributed by atoms with Crippen molar-refractivity contribution in [3.63, 3.8) is 0 Å². The standard InChI is InChI=1S/C14H30N2O/c1-4-9-15-13(11-17)10-16(3)14-7-5-12(2)6-8-14/h12-15,17H,4-11H2,1-3H3. The highest BCUT2D eigenvalue weighted by atomic mass is 16.3. The fraction of sp³-hybridized carbons (Fsp3) is 1.00. The zero-order valence-electron chi connectivity index (χ0n) is 11.8. The van der Waals surface area contributed by atoms with Crippen LogP contribution in [0.4, 0.5) is 0 Å². The molecule has 0 aromatic carbocycles. The Kier molecular flexibility index (Phi) is 7.09. The second kappa shape index (κ2) is 8.06. The van der Waals surface area contributed by atoms with Gasteiger partial charge in [-0.1, -0.05) is 13.8 Å². The van der Waals surface area contributed by atoms with E-state index in [9.17, 15) is 5.11 Å². The Hall–Kier alpha value is -0.120. The molecule has 1 unspecified atom stereocenters. The number of nitrogens with one attached hydrogen (secondary N) is 1. The number of aliphatic hydroxyl groups excluding tert-OH is 1. The Labute approximate surface area is 107 Å². The molecule has 17 heavy (non-hydrogen) atoms. The van der Waals surface area contributed by atoms with Crippen LogP contribution in [0.25, 0.3) is 0 Å². The molecule has 1 rings (SSSR count). The summed E-state index contributed by atoms with van der Waals surface area (Å²) in [7, 11) is 2.21. The third-order valence-electron chi connectivity index (χ3n) is 4.02. The van der Waals surface area contributed by atoms with Crippen LogP contribution in [-0.2, 0) is 0 Å². The van der Waals surface area contributed by atoms with Crippen molar-refractivity contribution >= 4 is 0 Å². The SMILES string of the molecule is CCCNC(CO)CN(C)C1CCC(C)CC1. The van der Waals surface area contributed by atoms with Gasteiger partial charge in [0.25, 0.3) is 0 Å². The minimum absolute atomic E-state index is 0.235. The summed E-state index contributed by atoms with van der Waals surface area (Å²) in [5.41, 5.74) is 0. The molecular formula is C14H30N2O. The van der Waals surface area contributed by atoms with E-state index in [2.05, 4.69) is 31.1 Å². The van der Waals surface area contributed by atoms with Gasteiger partial charge >= 0.3 is 0 Å². The maximum atomic E-state index is 9.35. The van der Waals surface area contributed by atoms with Crippen LogP contribution in [0, 0.1) is 5.92 Å². The van der Waals surface area contributed by atoms with Crippen LogP contribution in [0.15, 0.2) is 0 Å². The Morgan fingerprint density at radius 1 is 1.29 bits per heavy atom. The molecule has 0 amide bonds. The van der Waals surface area contributed by atoms with Crippen LogP contribution in [0.1, 0.15) is 46.0 Å². The molecule has 0 radical (unpaired) electrons. The highest BCUT2D eigenvalue weighted by molar-refractivity contribution is 4.79. The van der Waals surface area contributed by atoms with Gasteiger partial charge in [-0.25, -0.2) is 0 Å². The van der Waals surface area contributed by atoms with E-state index in [4.69, 9.17) is 0 Å². The molecule has 2 N–H and O–H groups in total. The summed E-state index contributed by atoms with van der Waals surface area (Å²) in [6.45, 7) is 6.73. The molecule has 0 heterocycles. The molecule has 1 atom stereocenters. The lowest BCUT2D eigenvalue weighted by atomic mass is 9.86. The highest BCUT2D eigenvalue weighted by Gasteiger charge is 2.23. The zero-order chi connectivity index (χ0) is 12.7. The first kappa shape index (κ1) is 14.9. The third-order valence-corrected chi connectivity index (χ3v) is 4.02. The molecule has 1 fully saturated rings. The van der Waals surface area contributed by atoms with Crippen LogP contribution in [0.5, 0.6) is 0 Å². The van der Waals surface area contributed by atoms with E-state index >= 15 is 0 Å². The highest BCUT2D eigenvalue weighted by Crippen LogP contribution is 2.26. The molecule has 0 saturated heterocycles. The summed E-state index contributed by atoms with van der Waals surface area (Å²) in [6.07, 6.45) is 6.50. The van der Waals surface area contributed by atoms with Crippen molar-refractivity contribution in [2.45, 2.75) is 58.0 Å². The van der Waals surface area contributed by atoms with Gasteiger partial charge in [-0.2, -0.15) is 0 Å². The maximum Gasteiger partial charge on any atom is 0.0597 e. The van der Waals surface area contributed by atoms with Crippen LogP contribution in [0.3, 0.4) is 0 Å². The summed E-state index contributed by atoms with van der Waals surface area (Å²) in [5.74, 6) is 0.909. The van der Waals surface area contributed by atoms with Crippen molar-refractivity contribution in [1.82, 2.24) is 10.2 Å². The average Bonchev–Trinajstić information content (AvgIpc) is 2.35. The number of hydrogen-bond donors (Lipinski definition) is 2. The summed E-state index contributed by atoms with van der Waals surface area (Å²) >= 11 is 0. The molecule has 102 valence electrons. The van der Waals surface area contributed by atoms with Crippen LogP contribution < -0.4 is 5.32 Å². The van der Waals surface area contributed by atoms with Crippen LogP contribution in [-0.4, -0.2) is 48.8 Å². The number of hydrogen-bond acceptors (Lipinski definition) is 3. The normalized spacial score (nSPS) is 27.4. The van der Waals surface area contributed by atoms with Gasteiger partial charge in [-0.3, -0.25) is 0 Å². The molecule has 1 aliphatic rings. The van der Waals surface area contributed by atoms with Crippen LogP contribution in [0.2, 0.25) is 0 Å². The van der Waals surface area contributed by atoms with E-state index < -0.39 is 0 Å². The van der Waals surface area contributed by atoms with Crippen molar-refractivity contribution in [2.75, 3.05) is 26.7 Å². The summed E-state index contributed by atoms with van der Waals surface area (Å²) in [6, 6.07) is 0.961. The molecule has 1 saturated carbocycles. The number of likely N-dealkylation sites (N-methyl/N-ethyl adjacent to an activating group) is 1. The van der Waals surface area contributed by atoms with Gasteiger partial charge in [-0.15, -0.1) is 0 Å². The van der Waals surface area contributed by atoms with Gasteiger partial charge < -0.3 is 15.3 Å². The number of nitrogens with zero attached hydrogens (tertiary/aromatic N) is 1. The summed E-state index contributed by atoms with van der Waals surface area (Å²) in [4.78, 5) is 2.44. The fourth-order valence-electron chi connectivity index (χ4n) is 2.72. The number of rotatable bonds is 7. The minimum Gasteiger partial charge on any atom is -0.395 e. The van der Waals surface area contributed by atoms with Gasteiger partial charge in [0.2, 0.25) is 0 Å². The smallest absolute Gasteiger partial charge is 0.0597 e. The number of aliphatic hydroxyl groups is 1. The minimum atomic E-state index is 0.235. The predicted octanol–water partition coefficient (Wildman–Crippen LogP) is 1.86. The molecule has 0 aromatic rings. The molecule has 0 spiro atoms. The lowest BCUT2D eigenvalue weighted by molar-refractivity contribution is 0.134. The molecule has 0 aliphatic heterocycles. The second-order valence-electron chi connectivity index (χ2n) is 5.69. The Balaban J connectivity index is 2.28. The van der Waals surface area contributed by atoms with Crippen molar-refractivity contribution in [3.05, 3.63) is 0 Å². The van der Waals surface area contributed by atoms with E-state index in [0.717, 1.165) is 31.5 Å². The van der Waals surface area contributed by atoms with Crippen LogP contribution >= 0.6 is 0 Å².